The van der Waals surface area contributed by atoms with E-state index in [2.05, 4.69) is 0 Å². The molecule has 0 bridgehead atoms. The van der Waals surface area contributed by atoms with Crippen LogP contribution >= 0.6 is 11.6 Å². The number of halogens is 1. The van der Waals surface area contributed by atoms with E-state index < -0.39 is 16.9 Å². The number of hydrogen-bond acceptors (Lipinski definition) is 6. The molecule has 0 aromatic heterocycles. The van der Waals surface area contributed by atoms with Gasteiger partial charge in [-0.25, -0.2) is 5.84 Å². The number of nitrogens with two attached hydrogens (primary N) is 1. The predicted octanol–water partition coefficient (Wildman–Crippen LogP) is 0.632. The molecule has 1 aromatic rings. The van der Waals surface area contributed by atoms with E-state index in [1.807, 2.05) is 5.43 Å². The molecule has 0 aliphatic carbocycles. The van der Waals surface area contributed by atoms with Crippen LogP contribution in [0.5, 0.6) is 5.75 Å². The fourth-order valence-electron chi connectivity index (χ4n) is 1.29. The number of rotatable bonds is 6. The summed E-state index contributed by atoms with van der Waals surface area (Å²) in [7, 11) is 1.36. The molecule has 0 aliphatic heterocycles. The van der Waals surface area contributed by atoms with E-state index in [-0.39, 0.29) is 23.1 Å². The van der Waals surface area contributed by atoms with E-state index in [1.165, 1.54) is 19.2 Å². The minimum absolute atomic E-state index is 0.0972. The number of amides is 1. The van der Waals surface area contributed by atoms with Crippen molar-refractivity contribution in [2.75, 3.05) is 13.7 Å². The number of methoxy groups -OCH3 is 1. The highest BCUT2D eigenvalue weighted by Gasteiger charge is 2.24. The normalized spacial score (nSPS) is 11.7. The molecule has 1 amide bonds. The molecule has 0 saturated carbocycles. The lowest BCUT2D eigenvalue weighted by Crippen LogP contribution is -2.44. The summed E-state index contributed by atoms with van der Waals surface area (Å²) >= 11 is 5.66. The van der Waals surface area contributed by atoms with Gasteiger partial charge in [0.25, 0.3) is 5.91 Å². The number of hydrogen-bond donors (Lipinski definition) is 2. The Morgan fingerprint density at radius 2 is 2.32 bits per heavy atom. The van der Waals surface area contributed by atoms with Crippen molar-refractivity contribution in [2.24, 2.45) is 5.84 Å². The minimum Gasteiger partial charge on any atom is -0.471 e. The Labute approximate surface area is 113 Å². The Hall–Kier alpha value is -1.90. The molecular formula is C10H12ClN3O5. The van der Waals surface area contributed by atoms with Gasteiger partial charge < -0.3 is 9.47 Å². The molecule has 0 fully saturated rings. The number of carbonyl (C=O) groups is 1. The van der Waals surface area contributed by atoms with Gasteiger partial charge in [-0.1, -0.05) is 11.6 Å². The zero-order valence-corrected chi connectivity index (χ0v) is 10.7. The van der Waals surface area contributed by atoms with Crippen molar-refractivity contribution in [1.82, 2.24) is 5.43 Å². The van der Waals surface area contributed by atoms with E-state index in [9.17, 15) is 14.9 Å². The fraction of sp³-hybridized carbons (Fsp3) is 0.300. The Bertz CT molecular complexity index is 482. The molecule has 1 rings (SSSR count). The summed E-state index contributed by atoms with van der Waals surface area (Å²) in [5.74, 6) is 4.23. The third-order valence-corrected chi connectivity index (χ3v) is 2.37. The summed E-state index contributed by atoms with van der Waals surface area (Å²) in [6, 6.07) is 3.84. The van der Waals surface area contributed by atoms with Gasteiger partial charge in [0.2, 0.25) is 6.10 Å². The second-order valence-corrected chi connectivity index (χ2v) is 3.88. The van der Waals surface area contributed by atoms with Crippen LogP contribution in [-0.4, -0.2) is 30.7 Å². The average Bonchev–Trinajstić information content (AvgIpc) is 2.38. The first-order chi connectivity index (χ1) is 8.99. The van der Waals surface area contributed by atoms with Crippen LogP contribution in [0.3, 0.4) is 0 Å². The molecule has 0 spiro atoms. The summed E-state index contributed by atoms with van der Waals surface area (Å²) < 4.78 is 10.0. The largest absolute Gasteiger partial charge is 0.471 e. The van der Waals surface area contributed by atoms with Crippen LogP contribution in [0.4, 0.5) is 5.69 Å². The third-order valence-electron chi connectivity index (χ3n) is 2.14. The molecule has 0 saturated heterocycles. The van der Waals surface area contributed by atoms with E-state index in [4.69, 9.17) is 26.9 Å². The fourth-order valence-corrected chi connectivity index (χ4v) is 1.46. The van der Waals surface area contributed by atoms with Crippen LogP contribution in [0.25, 0.3) is 0 Å². The quantitative estimate of drug-likeness (QED) is 0.343. The molecule has 0 aliphatic rings. The lowest BCUT2D eigenvalue weighted by molar-refractivity contribution is -0.386. The standard InChI is InChI=1S/C10H12ClN3O5/c1-18-5-9(10(15)13-12)19-8-3-2-6(11)4-7(8)14(16)17/h2-4,9H,5,12H2,1H3,(H,13,15). The Morgan fingerprint density at radius 3 is 2.84 bits per heavy atom. The van der Waals surface area contributed by atoms with Gasteiger partial charge in [-0.3, -0.25) is 20.3 Å². The molecule has 0 radical (unpaired) electrons. The third kappa shape index (κ3) is 4.05. The summed E-state index contributed by atoms with van der Waals surface area (Å²) in [4.78, 5) is 21.6. The first-order valence-corrected chi connectivity index (χ1v) is 5.47. The molecular weight excluding hydrogens is 278 g/mol. The van der Waals surface area contributed by atoms with Crippen molar-refractivity contribution in [3.63, 3.8) is 0 Å². The Kier molecular flexibility index (Phi) is 5.49. The van der Waals surface area contributed by atoms with Crippen molar-refractivity contribution < 1.29 is 19.2 Å². The molecule has 3 N–H and O–H groups in total. The number of nitrogens with one attached hydrogen (secondary N) is 1. The van der Waals surface area contributed by atoms with E-state index in [1.54, 1.807) is 0 Å². The number of ether oxygens (including phenoxy) is 2. The van der Waals surface area contributed by atoms with E-state index >= 15 is 0 Å². The number of benzene rings is 1. The smallest absolute Gasteiger partial charge is 0.312 e. The van der Waals surface area contributed by atoms with Crippen molar-refractivity contribution in [2.45, 2.75) is 6.10 Å². The molecule has 8 nitrogen and oxygen atoms in total. The lowest BCUT2D eigenvalue weighted by Gasteiger charge is -2.16. The van der Waals surface area contributed by atoms with Crippen LogP contribution in [0, 0.1) is 10.1 Å². The molecule has 9 heteroatoms. The summed E-state index contributed by atoms with van der Waals surface area (Å²) in [6.07, 6.45) is -1.10. The lowest BCUT2D eigenvalue weighted by atomic mass is 10.3. The van der Waals surface area contributed by atoms with Gasteiger partial charge in [-0.15, -0.1) is 0 Å². The predicted molar refractivity (Wildman–Crippen MR) is 66.7 cm³/mol. The number of hydrazine groups is 1. The summed E-state index contributed by atoms with van der Waals surface area (Å²) in [5, 5.41) is 11.0. The van der Waals surface area contributed by atoms with Gasteiger partial charge in [-0.2, -0.15) is 0 Å². The monoisotopic (exact) mass is 289 g/mol. The number of nitro groups is 1. The molecule has 0 heterocycles. The molecule has 1 atom stereocenters. The highest BCUT2D eigenvalue weighted by molar-refractivity contribution is 6.30. The second kappa shape index (κ2) is 6.88. The zero-order valence-electron chi connectivity index (χ0n) is 9.96. The van der Waals surface area contributed by atoms with Crippen LogP contribution in [0.1, 0.15) is 0 Å². The minimum atomic E-state index is -1.10. The maximum Gasteiger partial charge on any atom is 0.312 e. The SMILES string of the molecule is COCC(Oc1ccc(Cl)cc1[N+](=O)[O-])C(=O)NN. The number of nitrogens with zero attached hydrogens (tertiary/aromatic N) is 1. The molecule has 19 heavy (non-hydrogen) atoms. The van der Waals surface area contributed by atoms with Gasteiger partial charge in [-0.05, 0) is 12.1 Å². The maximum absolute atomic E-state index is 11.4. The topological polar surface area (TPSA) is 117 Å². The summed E-state index contributed by atoms with van der Waals surface area (Å²) in [6.45, 7) is -0.108. The van der Waals surface area contributed by atoms with Gasteiger partial charge in [0.15, 0.2) is 5.75 Å². The van der Waals surface area contributed by atoms with Crippen LogP contribution in [-0.2, 0) is 9.53 Å². The Morgan fingerprint density at radius 1 is 1.63 bits per heavy atom. The van der Waals surface area contributed by atoms with Crippen molar-refractivity contribution in [3.8, 4) is 5.75 Å². The van der Waals surface area contributed by atoms with E-state index in [0.717, 1.165) is 6.07 Å². The zero-order chi connectivity index (χ0) is 14.4. The summed E-state index contributed by atoms with van der Waals surface area (Å²) in [5.41, 5.74) is 1.54. The maximum atomic E-state index is 11.4. The van der Waals surface area contributed by atoms with Crippen LogP contribution < -0.4 is 16.0 Å². The number of carbonyl (C=O) groups excluding carboxylic acids is 1. The van der Waals surface area contributed by atoms with Gasteiger partial charge in [0.1, 0.15) is 0 Å². The highest BCUT2D eigenvalue weighted by Crippen LogP contribution is 2.30. The molecule has 1 unspecified atom stereocenters. The number of nitro benzene ring substituents is 1. The van der Waals surface area contributed by atoms with Crippen LogP contribution in [0.2, 0.25) is 5.02 Å². The molecule has 1 aromatic carbocycles. The first-order valence-electron chi connectivity index (χ1n) is 5.09. The first kappa shape index (κ1) is 15.2. The van der Waals surface area contributed by atoms with Gasteiger partial charge in [0, 0.05) is 18.2 Å². The van der Waals surface area contributed by atoms with Crippen molar-refractivity contribution in [3.05, 3.63) is 33.3 Å². The van der Waals surface area contributed by atoms with E-state index in [0.29, 0.717) is 0 Å². The average molecular weight is 290 g/mol. The highest BCUT2D eigenvalue weighted by atomic mass is 35.5. The molecule has 104 valence electrons. The Balaban J connectivity index is 3.02. The van der Waals surface area contributed by atoms with Crippen LogP contribution in [0.15, 0.2) is 18.2 Å². The van der Waals surface area contributed by atoms with Gasteiger partial charge >= 0.3 is 5.69 Å². The van der Waals surface area contributed by atoms with Gasteiger partial charge in [0.05, 0.1) is 11.5 Å². The van der Waals surface area contributed by atoms with Crippen molar-refractivity contribution >= 4 is 23.2 Å². The van der Waals surface area contributed by atoms with Crippen molar-refractivity contribution in [1.29, 1.82) is 0 Å². The second-order valence-electron chi connectivity index (χ2n) is 3.44.